The minimum atomic E-state index is -0.581. The van der Waals surface area contributed by atoms with Crippen molar-refractivity contribution in [3.05, 3.63) is 50.5 Å². The summed E-state index contributed by atoms with van der Waals surface area (Å²) in [5.74, 6) is -0.473. The molecule has 1 aromatic carbocycles. The van der Waals surface area contributed by atoms with Gasteiger partial charge in [0.2, 0.25) is 0 Å². The predicted molar refractivity (Wildman–Crippen MR) is 57.2 cm³/mol. The number of carbonyl (C=O) groups excluding carboxylic acids is 1. The summed E-state index contributed by atoms with van der Waals surface area (Å²) in [5.41, 5.74) is 0.0166. The van der Waals surface area contributed by atoms with Crippen molar-refractivity contribution < 1.29 is 9.72 Å². The summed E-state index contributed by atoms with van der Waals surface area (Å²) in [6.07, 6.45) is 0.988. The van der Waals surface area contributed by atoms with E-state index in [2.05, 4.69) is 0 Å². The third-order valence-corrected chi connectivity index (χ3v) is 1.80. The molecule has 0 heterocycles. The van der Waals surface area contributed by atoms with Crippen LogP contribution >= 0.6 is 23.2 Å². The number of nitro benzene ring substituents is 1. The SMILES string of the molecule is O=C(C=C(Cl)Cl)c1cccc([N+](=O)[O-])c1. The molecule has 0 amide bonds. The molecule has 78 valence electrons. The fraction of sp³-hybridized carbons (Fsp3) is 0. The van der Waals surface area contributed by atoms with E-state index in [9.17, 15) is 14.9 Å². The van der Waals surface area contributed by atoms with Crippen LogP contribution in [0, 0.1) is 10.1 Å². The average molecular weight is 246 g/mol. The molecule has 6 heteroatoms. The first-order valence-electron chi connectivity index (χ1n) is 3.82. The summed E-state index contributed by atoms with van der Waals surface area (Å²) in [6, 6.07) is 5.32. The van der Waals surface area contributed by atoms with Crippen LogP contribution in [0.5, 0.6) is 0 Å². The highest BCUT2D eigenvalue weighted by Crippen LogP contribution is 2.15. The number of non-ortho nitro benzene ring substituents is 1. The van der Waals surface area contributed by atoms with Crippen LogP contribution in [0.1, 0.15) is 10.4 Å². The van der Waals surface area contributed by atoms with Gasteiger partial charge in [0.15, 0.2) is 5.78 Å². The van der Waals surface area contributed by atoms with Gasteiger partial charge in [0.05, 0.1) is 4.92 Å². The minimum Gasteiger partial charge on any atom is -0.289 e. The Morgan fingerprint density at radius 2 is 2.07 bits per heavy atom. The van der Waals surface area contributed by atoms with E-state index in [0.29, 0.717) is 0 Å². The van der Waals surface area contributed by atoms with Gasteiger partial charge >= 0.3 is 0 Å². The van der Waals surface area contributed by atoms with Crippen LogP contribution in [-0.4, -0.2) is 10.7 Å². The maximum Gasteiger partial charge on any atom is 0.270 e. The molecule has 0 aliphatic carbocycles. The molecule has 4 nitrogen and oxygen atoms in total. The summed E-state index contributed by atoms with van der Waals surface area (Å²) in [5, 5.41) is 10.4. The summed E-state index contributed by atoms with van der Waals surface area (Å²) in [6.45, 7) is 0. The molecule has 0 atom stereocenters. The number of halogens is 2. The van der Waals surface area contributed by atoms with Crippen LogP contribution in [0.4, 0.5) is 5.69 Å². The van der Waals surface area contributed by atoms with E-state index in [0.717, 1.165) is 12.1 Å². The van der Waals surface area contributed by atoms with Crippen LogP contribution in [0.2, 0.25) is 0 Å². The maximum absolute atomic E-state index is 11.4. The van der Waals surface area contributed by atoms with E-state index >= 15 is 0 Å². The van der Waals surface area contributed by atoms with Crippen LogP contribution in [0.3, 0.4) is 0 Å². The second kappa shape index (κ2) is 4.91. The zero-order valence-corrected chi connectivity index (χ0v) is 8.83. The number of hydrogen-bond donors (Lipinski definition) is 0. The quantitative estimate of drug-likeness (QED) is 0.356. The molecular formula is C9H5Cl2NO3. The number of allylic oxidation sites excluding steroid dienone is 1. The van der Waals surface area contributed by atoms with Crippen LogP contribution in [0.15, 0.2) is 34.8 Å². The molecule has 0 aromatic heterocycles. The molecule has 0 radical (unpaired) electrons. The molecule has 1 rings (SSSR count). The first-order chi connectivity index (χ1) is 7.00. The summed E-state index contributed by atoms with van der Waals surface area (Å²) < 4.78 is -0.188. The number of rotatable bonds is 3. The van der Waals surface area contributed by atoms with Crippen molar-refractivity contribution in [2.24, 2.45) is 0 Å². The topological polar surface area (TPSA) is 60.2 Å². The van der Waals surface area contributed by atoms with Gasteiger partial charge < -0.3 is 0 Å². The van der Waals surface area contributed by atoms with Crippen molar-refractivity contribution in [3.8, 4) is 0 Å². The fourth-order valence-electron chi connectivity index (χ4n) is 0.955. The van der Waals surface area contributed by atoms with Gasteiger partial charge in [0, 0.05) is 23.8 Å². The molecule has 0 spiro atoms. The molecular weight excluding hydrogens is 241 g/mol. The molecule has 0 aliphatic heterocycles. The van der Waals surface area contributed by atoms with E-state index in [4.69, 9.17) is 23.2 Å². The largest absolute Gasteiger partial charge is 0.289 e. The number of benzene rings is 1. The Morgan fingerprint density at radius 1 is 1.40 bits per heavy atom. The van der Waals surface area contributed by atoms with Gasteiger partial charge in [0.1, 0.15) is 4.49 Å². The summed E-state index contributed by atoms with van der Waals surface area (Å²) in [4.78, 5) is 21.2. The number of ketones is 1. The van der Waals surface area contributed by atoms with E-state index in [-0.39, 0.29) is 15.7 Å². The Bertz CT molecular complexity index is 439. The number of nitrogens with zero attached hydrogens (tertiary/aromatic N) is 1. The lowest BCUT2D eigenvalue weighted by Crippen LogP contribution is -1.96. The van der Waals surface area contributed by atoms with Gasteiger partial charge in [-0.25, -0.2) is 0 Å². The smallest absolute Gasteiger partial charge is 0.270 e. The van der Waals surface area contributed by atoms with Crippen LogP contribution in [0.25, 0.3) is 0 Å². The lowest BCUT2D eigenvalue weighted by molar-refractivity contribution is -0.384. The van der Waals surface area contributed by atoms with Gasteiger partial charge in [-0.15, -0.1) is 0 Å². The zero-order chi connectivity index (χ0) is 11.4. The fourth-order valence-corrected chi connectivity index (χ4v) is 1.15. The maximum atomic E-state index is 11.4. The summed E-state index contributed by atoms with van der Waals surface area (Å²) >= 11 is 10.6. The third-order valence-electron chi connectivity index (χ3n) is 1.58. The second-order valence-corrected chi connectivity index (χ2v) is 3.61. The van der Waals surface area contributed by atoms with Gasteiger partial charge in [-0.05, 0) is 0 Å². The Kier molecular flexibility index (Phi) is 3.82. The molecule has 0 saturated carbocycles. The Labute approximate surface area is 95.3 Å². The molecule has 0 saturated heterocycles. The van der Waals surface area contributed by atoms with Gasteiger partial charge in [0.25, 0.3) is 5.69 Å². The molecule has 15 heavy (non-hydrogen) atoms. The van der Waals surface area contributed by atoms with Crippen molar-refractivity contribution in [1.82, 2.24) is 0 Å². The Hall–Kier alpha value is -1.39. The molecule has 0 unspecified atom stereocenters. The highest BCUT2D eigenvalue weighted by atomic mass is 35.5. The van der Waals surface area contributed by atoms with E-state index in [1.807, 2.05) is 0 Å². The zero-order valence-electron chi connectivity index (χ0n) is 7.31. The van der Waals surface area contributed by atoms with Crippen molar-refractivity contribution in [2.45, 2.75) is 0 Å². The van der Waals surface area contributed by atoms with E-state index in [1.54, 1.807) is 0 Å². The lowest BCUT2D eigenvalue weighted by Gasteiger charge is -1.95. The first kappa shape index (κ1) is 11.7. The Balaban J connectivity index is 3.06. The van der Waals surface area contributed by atoms with Crippen molar-refractivity contribution in [1.29, 1.82) is 0 Å². The molecule has 0 N–H and O–H groups in total. The van der Waals surface area contributed by atoms with E-state index < -0.39 is 10.7 Å². The molecule has 0 fully saturated rings. The lowest BCUT2D eigenvalue weighted by atomic mass is 10.1. The number of nitro groups is 1. The normalized spacial score (nSPS) is 9.47. The van der Waals surface area contributed by atoms with Gasteiger partial charge in [-0.3, -0.25) is 14.9 Å². The Morgan fingerprint density at radius 3 is 2.60 bits per heavy atom. The summed E-state index contributed by atoms with van der Waals surface area (Å²) in [7, 11) is 0. The van der Waals surface area contributed by atoms with Crippen molar-refractivity contribution >= 4 is 34.7 Å². The van der Waals surface area contributed by atoms with Crippen LogP contribution < -0.4 is 0 Å². The number of carbonyl (C=O) groups is 1. The standard InChI is InChI=1S/C9H5Cl2NO3/c10-9(11)5-8(13)6-2-1-3-7(4-6)12(14)15/h1-5H. The third kappa shape index (κ3) is 3.34. The molecule has 1 aromatic rings. The highest BCUT2D eigenvalue weighted by molar-refractivity contribution is 6.57. The first-order valence-corrected chi connectivity index (χ1v) is 4.58. The van der Waals surface area contributed by atoms with Gasteiger partial charge in [-0.2, -0.15) is 0 Å². The monoisotopic (exact) mass is 245 g/mol. The van der Waals surface area contributed by atoms with Crippen LogP contribution in [-0.2, 0) is 0 Å². The molecule has 0 aliphatic rings. The van der Waals surface area contributed by atoms with Gasteiger partial charge in [-0.1, -0.05) is 35.3 Å². The second-order valence-electron chi connectivity index (χ2n) is 2.61. The highest BCUT2D eigenvalue weighted by Gasteiger charge is 2.09. The van der Waals surface area contributed by atoms with E-state index in [1.165, 1.54) is 18.2 Å². The molecule has 0 bridgehead atoms. The number of hydrogen-bond acceptors (Lipinski definition) is 3. The van der Waals surface area contributed by atoms with Crippen molar-refractivity contribution in [3.63, 3.8) is 0 Å². The average Bonchev–Trinajstić information content (AvgIpc) is 2.17. The minimum absolute atomic E-state index is 0.153. The van der Waals surface area contributed by atoms with Crippen molar-refractivity contribution in [2.75, 3.05) is 0 Å². The predicted octanol–water partition coefficient (Wildman–Crippen LogP) is 3.10.